The highest BCUT2D eigenvalue weighted by atomic mass is 35.5. The minimum absolute atomic E-state index is 0.0863. The summed E-state index contributed by atoms with van der Waals surface area (Å²) in [6.07, 6.45) is 10.1. The summed E-state index contributed by atoms with van der Waals surface area (Å²) in [7, 11) is 0. The lowest BCUT2D eigenvalue weighted by molar-refractivity contribution is -0.0564. The molecule has 2 amide bonds. The summed E-state index contributed by atoms with van der Waals surface area (Å²) in [5.74, 6) is 2.70. The van der Waals surface area contributed by atoms with E-state index in [0.717, 1.165) is 49.4 Å². The molecule has 36 heavy (non-hydrogen) atoms. The van der Waals surface area contributed by atoms with Crippen molar-refractivity contribution in [3.05, 3.63) is 28.8 Å². The van der Waals surface area contributed by atoms with E-state index in [1.54, 1.807) is 4.90 Å². The quantitative estimate of drug-likeness (QED) is 0.513. The number of hydrogen-bond acceptors (Lipinski definition) is 4. The molecule has 0 atom stereocenters. The molecule has 1 aromatic carbocycles. The number of amides is 2. The van der Waals surface area contributed by atoms with Crippen LogP contribution < -0.4 is 10.2 Å². The van der Waals surface area contributed by atoms with Crippen LogP contribution in [0.2, 0.25) is 5.02 Å². The van der Waals surface area contributed by atoms with Gasteiger partial charge < -0.3 is 19.9 Å². The van der Waals surface area contributed by atoms with Crippen LogP contribution in [0.3, 0.4) is 0 Å². The minimum Gasteiger partial charge on any atom is -0.444 e. The van der Waals surface area contributed by atoms with Gasteiger partial charge in [-0.2, -0.15) is 0 Å². The average molecular weight is 516 g/mol. The van der Waals surface area contributed by atoms with E-state index in [1.807, 2.05) is 39.0 Å². The molecule has 6 rings (SSSR count). The summed E-state index contributed by atoms with van der Waals surface area (Å²) < 4.78 is 5.55. The maximum atomic E-state index is 13.1. The highest BCUT2D eigenvalue weighted by molar-refractivity contribution is 6.34. The van der Waals surface area contributed by atoms with Crippen LogP contribution in [0, 0.1) is 23.2 Å². The number of ether oxygens (including phenoxy) is 1. The molecule has 1 N–H and O–H groups in total. The zero-order chi connectivity index (χ0) is 25.5. The van der Waals surface area contributed by atoms with Gasteiger partial charge in [0.1, 0.15) is 5.60 Å². The molecule has 198 valence electrons. The number of anilines is 1. The van der Waals surface area contributed by atoms with Crippen molar-refractivity contribution in [1.29, 1.82) is 0 Å². The Balaban J connectivity index is 1.17. The zero-order valence-corrected chi connectivity index (χ0v) is 22.9. The number of carbonyl (C=O) groups is 2. The fourth-order valence-electron chi connectivity index (χ4n) is 7.70. The lowest BCUT2D eigenvalue weighted by Crippen LogP contribution is -2.47. The van der Waals surface area contributed by atoms with E-state index in [1.165, 1.54) is 38.5 Å². The largest absolute Gasteiger partial charge is 0.444 e. The maximum absolute atomic E-state index is 13.1. The van der Waals surface area contributed by atoms with Crippen LogP contribution in [0.15, 0.2) is 18.2 Å². The third-order valence-corrected chi connectivity index (χ3v) is 9.14. The second kappa shape index (κ2) is 10.1. The molecule has 1 saturated heterocycles. The average Bonchev–Trinajstić information content (AvgIpc) is 3.04. The number of rotatable bonds is 5. The van der Waals surface area contributed by atoms with Gasteiger partial charge in [0, 0.05) is 38.4 Å². The summed E-state index contributed by atoms with van der Waals surface area (Å²) in [5, 5.41) is 3.67. The molecular formula is C29H42ClN3O3. The zero-order valence-electron chi connectivity index (χ0n) is 22.2. The molecule has 0 spiro atoms. The van der Waals surface area contributed by atoms with Crippen molar-refractivity contribution in [2.24, 2.45) is 23.2 Å². The van der Waals surface area contributed by atoms with Gasteiger partial charge in [-0.3, -0.25) is 4.79 Å². The summed E-state index contributed by atoms with van der Waals surface area (Å²) in [6, 6.07) is 5.70. The van der Waals surface area contributed by atoms with Crippen molar-refractivity contribution in [2.45, 2.75) is 77.7 Å². The molecule has 4 aliphatic carbocycles. The third-order valence-electron chi connectivity index (χ3n) is 8.81. The lowest BCUT2D eigenvalue weighted by atomic mass is 9.49. The first-order valence-corrected chi connectivity index (χ1v) is 14.3. The molecule has 5 fully saturated rings. The van der Waals surface area contributed by atoms with E-state index in [9.17, 15) is 9.59 Å². The predicted molar refractivity (Wildman–Crippen MR) is 144 cm³/mol. The highest BCUT2D eigenvalue weighted by Gasteiger charge is 2.50. The van der Waals surface area contributed by atoms with Crippen molar-refractivity contribution in [1.82, 2.24) is 10.2 Å². The van der Waals surface area contributed by atoms with Gasteiger partial charge in [0.15, 0.2) is 0 Å². The van der Waals surface area contributed by atoms with Gasteiger partial charge in [-0.15, -0.1) is 0 Å². The normalized spacial score (nSPS) is 29.7. The number of nitrogens with zero attached hydrogens (tertiary/aromatic N) is 2. The van der Waals surface area contributed by atoms with E-state index >= 15 is 0 Å². The van der Waals surface area contributed by atoms with Gasteiger partial charge in [-0.05, 0) is 114 Å². The Kier molecular flexibility index (Phi) is 7.19. The van der Waals surface area contributed by atoms with E-state index in [0.29, 0.717) is 35.6 Å². The first-order chi connectivity index (χ1) is 17.1. The number of halogens is 1. The summed E-state index contributed by atoms with van der Waals surface area (Å²) in [5.41, 5.74) is 1.46. The lowest BCUT2D eigenvalue weighted by Gasteiger charge is -2.57. The van der Waals surface area contributed by atoms with Crippen LogP contribution >= 0.6 is 11.6 Å². The van der Waals surface area contributed by atoms with Crippen molar-refractivity contribution in [2.75, 3.05) is 37.6 Å². The van der Waals surface area contributed by atoms with Gasteiger partial charge in [0.2, 0.25) is 0 Å². The first kappa shape index (κ1) is 25.7. The van der Waals surface area contributed by atoms with Crippen LogP contribution in [0.5, 0.6) is 0 Å². The van der Waals surface area contributed by atoms with Crippen LogP contribution in [0.1, 0.15) is 82.5 Å². The Morgan fingerprint density at radius 1 is 1.03 bits per heavy atom. The number of benzene rings is 1. The Morgan fingerprint density at radius 3 is 2.33 bits per heavy atom. The molecule has 5 aliphatic rings. The van der Waals surface area contributed by atoms with Crippen molar-refractivity contribution in [3.63, 3.8) is 0 Å². The first-order valence-electron chi connectivity index (χ1n) is 13.9. The molecule has 0 unspecified atom stereocenters. The second-order valence-corrected chi connectivity index (χ2v) is 13.3. The standard InChI is InChI=1S/C29H42ClN3O3/c1-28(2,3)36-27(35)33-10-4-9-32(11-12-33)23-5-6-25(30)24(16-23)26(34)31-8-7-29-17-20-13-21(18-29)15-22(14-20)19-29/h5-6,16,20-22H,4,7-15,17-19H2,1-3H3,(H,31,34). The molecule has 1 heterocycles. The molecule has 0 aromatic heterocycles. The maximum Gasteiger partial charge on any atom is 0.410 e. The molecule has 1 aliphatic heterocycles. The summed E-state index contributed by atoms with van der Waals surface area (Å²) >= 11 is 6.48. The molecule has 0 radical (unpaired) electrons. The van der Waals surface area contributed by atoms with Crippen molar-refractivity contribution in [3.8, 4) is 0 Å². The molecule has 4 saturated carbocycles. The molecular weight excluding hydrogens is 474 g/mol. The number of nitrogens with one attached hydrogen (secondary N) is 1. The highest BCUT2D eigenvalue weighted by Crippen LogP contribution is 2.61. The van der Waals surface area contributed by atoms with Gasteiger partial charge in [-0.1, -0.05) is 11.6 Å². The molecule has 7 heteroatoms. The fraction of sp³-hybridized carbons (Fsp3) is 0.724. The Bertz CT molecular complexity index is 953. The monoisotopic (exact) mass is 515 g/mol. The van der Waals surface area contributed by atoms with Gasteiger partial charge >= 0.3 is 6.09 Å². The smallest absolute Gasteiger partial charge is 0.410 e. The third kappa shape index (κ3) is 5.79. The van der Waals surface area contributed by atoms with Crippen LogP contribution in [-0.2, 0) is 4.74 Å². The van der Waals surface area contributed by atoms with E-state index in [4.69, 9.17) is 16.3 Å². The predicted octanol–water partition coefficient (Wildman–Crippen LogP) is 6.12. The summed E-state index contributed by atoms with van der Waals surface area (Å²) in [4.78, 5) is 29.7. The molecule has 6 nitrogen and oxygen atoms in total. The van der Waals surface area contributed by atoms with Crippen LogP contribution in [0.25, 0.3) is 0 Å². The van der Waals surface area contributed by atoms with Crippen LogP contribution in [-0.4, -0.2) is 55.2 Å². The number of hydrogen-bond donors (Lipinski definition) is 1. The topological polar surface area (TPSA) is 61.9 Å². The van der Waals surface area contributed by atoms with E-state index in [2.05, 4.69) is 10.2 Å². The SMILES string of the molecule is CC(C)(C)OC(=O)N1CCCN(c2ccc(Cl)c(C(=O)NCCC34CC5CC(CC(C5)C3)C4)c2)CC1. The Hall–Kier alpha value is -1.95. The Morgan fingerprint density at radius 2 is 1.69 bits per heavy atom. The second-order valence-electron chi connectivity index (χ2n) is 12.9. The fourth-order valence-corrected chi connectivity index (χ4v) is 7.90. The van der Waals surface area contributed by atoms with Gasteiger partial charge in [0.25, 0.3) is 5.91 Å². The van der Waals surface area contributed by atoms with Gasteiger partial charge in [0.05, 0.1) is 10.6 Å². The minimum atomic E-state index is -0.503. The molecule has 1 aromatic rings. The van der Waals surface area contributed by atoms with Crippen molar-refractivity contribution < 1.29 is 14.3 Å². The molecule has 4 bridgehead atoms. The van der Waals surface area contributed by atoms with E-state index in [-0.39, 0.29) is 12.0 Å². The van der Waals surface area contributed by atoms with Gasteiger partial charge in [-0.25, -0.2) is 4.79 Å². The summed E-state index contributed by atoms with van der Waals surface area (Å²) in [6.45, 7) is 9.14. The number of carbonyl (C=O) groups excluding carboxylic acids is 2. The van der Waals surface area contributed by atoms with Crippen molar-refractivity contribution >= 4 is 29.3 Å². The van der Waals surface area contributed by atoms with E-state index < -0.39 is 5.60 Å². The Labute approximate surface area is 221 Å². The van der Waals surface area contributed by atoms with Crippen LogP contribution in [0.4, 0.5) is 10.5 Å².